The predicted molar refractivity (Wildman–Crippen MR) is 105 cm³/mol. The van der Waals surface area contributed by atoms with Crippen molar-refractivity contribution in [2.24, 2.45) is 0 Å². The summed E-state index contributed by atoms with van der Waals surface area (Å²) in [6.45, 7) is 4.62. The Morgan fingerprint density at radius 2 is 1.86 bits per heavy atom. The first kappa shape index (κ1) is 22.6. The molecule has 1 heterocycles. The van der Waals surface area contributed by atoms with Crippen molar-refractivity contribution in [3.05, 3.63) is 41.5 Å². The number of nitriles is 1. The van der Waals surface area contributed by atoms with Gasteiger partial charge in [-0.1, -0.05) is 11.8 Å². The number of halogens is 3. The van der Waals surface area contributed by atoms with Crippen LogP contribution in [0.1, 0.15) is 25.0 Å². The lowest BCUT2D eigenvalue weighted by atomic mass is 10.1. The molecule has 0 fully saturated rings. The lowest BCUT2D eigenvalue weighted by Crippen LogP contribution is -2.31. The Bertz CT molecular complexity index is 905. The maximum absolute atomic E-state index is 13.6. The fourth-order valence-electron chi connectivity index (χ4n) is 2.67. The number of carbonyl (C=O) groups excluding carboxylic acids is 1. The van der Waals surface area contributed by atoms with Crippen molar-refractivity contribution in [3.63, 3.8) is 0 Å². The van der Waals surface area contributed by atoms with Crippen LogP contribution in [0.5, 0.6) is 5.75 Å². The summed E-state index contributed by atoms with van der Waals surface area (Å²) in [5.74, 6) is 0.221. The van der Waals surface area contributed by atoms with Gasteiger partial charge in [0, 0.05) is 18.7 Å². The maximum Gasteiger partial charge on any atom is 0.417 e. The highest BCUT2D eigenvalue weighted by atomic mass is 32.2. The quantitative estimate of drug-likeness (QED) is 0.609. The van der Waals surface area contributed by atoms with E-state index >= 15 is 0 Å². The molecule has 0 unspecified atom stereocenters. The Morgan fingerprint density at radius 3 is 2.34 bits per heavy atom. The molecule has 0 atom stereocenters. The summed E-state index contributed by atoms with van der Waals surface area (Å²) in [6.07, 6.45) is -4.73. The van der Waals surface area contributed by atoms with Crippen LogP contribution in [0.4, 0.5) is 13.2 Å². The number of ether oxygens (including phenoxy) is 1. The average molecular weight is 423 g/mol. The molecule has 0 saturated carbocycles. The van der Waals surface area contributed by atoms with Crippen LogP contribution in [0.3, 0.4) is 0 Å². The SMILES string of the molecule is CCN(CC)C(=O)CSc1nc(-c2ccc(OC)cc2)cc(C(F)(F)F)c1C#N. The van der Waals surface area contributed by atoms with Crippen LogP contribution >= 0.6 is 11.8 Å². The molecule has 1 aromatic heterocycles. The molecule has 5 nitrogen and oxygen atoms in total. The molecule has 0 saturated heterocycles. The van der Waals surface area contributed by atoms with Gasteiger partial charge >= 0.3 is 6.18 Å². The van der Waals surface area contributed by atoms with Gasteiger partial charge in [0.05, 0.1) is 29.7 Å². The number of alkyl halides is 3. The van der Waals surface area contributed by atoms with E-state index in [0.717, 1.165) is 17.8 Å². The molecule has 0 N–H and O–H groups in total. The minimum Gasteiger partial charge on any atom is -0.497 e. The number of hydrogen-bond acceptors (Lipinski definition) is 5. The number of benzene rings is 1. The third kappa shape index (κ3) is 5.41. The number of pyridine rings is 1. The number of aromatic nitrogens is 1. The Balaban J connectivity index is 2.50. The van der Waals surface area contributed by atoms with E-state index in [9.17, 15) is 23.2 Å². The van der Waals surface area contributed by atoms with E-state index in [-0.39, 0.29) is 22.4 Å². The minimum absolute atomic E-state index is 0.0665. The summed E-state index contributed by atoms with van der Waals surface area (Å²) >= 11 is 0.836. The van der Waals surface area contributed by atoms with Crippen molar-refractivity contribution in [3.8, 4) is 23.1 Å². The Kier molecular flexibility index (Phi) is 7.51. The number of methoxy groups -OCH3 is 1. The molecule has 2 aromatic rings. The van der Waals surface area contributed by atoms with Crippen molar-refractivity contribution < 1.29 is 22.7 Å². The highest BCUT2D eigenvalue weighted by Gasteiger charge is 2.36. The van der Waals surface area contributed by atoms with Gasteiger partial charge in [-0.3, -0.25) is 4.79 Å². The maximum atomic E-state index is 13.6. The smallest absolute Gasteiger partial charge is 0.417 e. The van der Waals surface area contributed by atoms with Gasteiger partial charge in [0.1, 0.15) is 16.8 Å². The summed E-state index contributed by atoms with van der Waals surface area (Å²) in [6, 6.07) is 8.85. The fourth-order valence-corrected chi connectivity index (χ4v) is 3.57. The normalized spacial score (nSPS) is 11.1. The summed E-state index contributed by atoms with van der Waals surface area (Å²) in [4.78, 5) is 18.1. The van der Waals surface area contributed by atoms with E-state index in [1.807, 2.05) is 13.8 Å². The van der Waals surface area contributed by atoms with Crippen LogP contribution in [0, 0.1) is 11.3 Å². The van der Waals surface area contributed by atoms with Gasteiger partial charge in [-0.05, 0) is 44.2 Å². The zero-order valence-electron chi connectivity index (χ0n) is 16.2. The van der Waals surface area contributed by atoms with Crippen LogP contribution < -0.4 is 4.74 Å². The molecule has 9 heteroatoms. The van der Waals surface area contributed by atoms with Crippen LogP contribution in [-0.2, 0) is 11.0 Å². The zero-order chi connectivity index (χ0) is 21.6. The molecule has 0 aliphatic carbocycles. The van der Waals surface area contributed by atoms with E-state index in [1.165, 1.54) is 7.11 Å². The molecule has 0 aliphatic heterocycles. The number of rotatable bonds is 7. The molecular formula is C20H20F3N3O2S. The van der Waals surface area contributed by atoms with Crippen LogP contribution in [0.25, 0.3) is 11.3 Å². The van der Waals surface area contributed by atoms with E-state index in [4.69, 9.17) is 4.74 Å². The Hall–Kier alpha value is -2.73. The lowest BCUT2D eigenvalue weighted by molar-refractivity contribution is -0.138. The average Bonchev–Trinajstić information content (AvgIpc) is 2.71. The molecule has 0 aliphatic rings. The fraction of sp³-hybridized carbons (Fsp3) is 0.350. The highest BCUT2D eigenvalue weighted by Crippen LogP contribution is 2.38. The second-order valence-corrected chi connectivity index (χ2v) is 6.89. The highest BCUT2D eigenvalue weighted by molar-refractivity contribution is 8.00. The van der Waals surface area contributed by atoms with Gasteiger partial charge in [0.25, 0.3) is 0 Å². The van der Waals surface area contributed by atoms with Gasteiger partial charge in [-0.15, -0.1) is 0 Å². The summed E-state index contributed by atoms with van der Waals surface area (Å²) in [5.41, 5.74) is -1.14. The van der Waals surface area contributed by atoms with E-state index in [2.05, 4.69) is 4.98 Å². The predicted octanol–water partition coefficient (Wildman–Crippen LogP) is 4.61. The van der Waals surface area contributed by atoms with Crippen molar-refractivity contribution in [1.29, 1.82) is 5.26 Å². The number of amides is 1. The molecule has 1 amide bonds. The third-order valence-electron chi connectivity index (χ3n) is 4.24. The second kappa shape index (κ2) is 9.65. The monoisotopic (exact) mass is 423 g/mol. The second-order valence-electron chi connectivity index (χ2n) is 5.93. The van der Waals surface area contributed by atoms with Crippen LogP contribution in [-0.4, -0.2) is 41.7 Å². The zero-order valence-corrected chi connectivity index (χ0v) is 17.0. The van der Waals surface area contributed by atoms with E-state index < -0.39 is 17.3 Å². The molecular weight excluding hydrogens is 403 g/mol. The van der Waals surface area contributed by atoms with E-state index in [1.54, 1.807) is 35.2 Å². The molecule has 0 bridgehead atoms. The first-order valence-corrected chi connectivity index (χ1v) is 9.81. The number of hydrogen-bond donors (Lipinski definition) is 0. The molecule has 1 aromatic carbocycles. The van der Waals surface area contributed by atoms with Gasteiger partial charge in [-0.25, -0.2) is 4.98 Å². The molecule has 2 rings (SSSR count). The topological polar surface area (TPSA) is 66.2 Å². The standard InChI is InChI=1S/C20H20F3N3O2S/c1-4-26(5-2)18(27)12-29-19-15(11-24)16(20(21,22)23)10-17(25-19)13-6-8-14(28-3)9-7-13/h6-10H,4-5,12H2,1-3H3. The number of thioether (sulfide) groups is 1. The Labute approximate surface area is 171 Å². The first-order valence-electron chi connectivity index (χ1n) is 8.82. The summed E-state index contributed by atoms with van der Waals surface area (Å²) in [5, 5.41) is 9.23. The van der Waals surface area contributed by atoms with Gasteiger partial charge in [0.2, 0.25) is 5.91 Å². The van der Waals surface area contributed by atoms with Crippen molar-refractivity contribution in [2.75, 3.05) is 26.0 Å². The number of nitrogens with zero attached hydrogens (tertiary/aromatic N) is 3. The molecule has 0 radical (unpaired) electrons. The lowest BCUT2D eigenvalue weighted by Gasteiger charge is -2.19. The van der Waals surface area contributed by atoms with E-state index in [0.29, 0.717) is 24.4 Å². The third-order valence-corrected chi connectivity index (χ3v) is 5.20. The largest absolute Gasteiger partial charge is 0.497 e. The molecule has 154 valence electrons. The van der Waals surface area contributed by atoms with Gasteiger partial charge in [-0.2, -0.15) is 18.4 Å². The van der Waals surface area contributed by atoms with Crippen LogP contribution in [0.2, 0.25) is 0 Å². The summed E-state index contributed by atoms with van der Waals surface area (Å²) in [7, 11) is 1.48. The molecule has 0 spiro atoms. The van der Waals surface area contributed by atoms with Crippen molar-refractivity contribution in [2.45, 2.75) is 25.0 Å². The van der Waals surface area contributed by atoms with Crippen LogP contribution in [0.15, 0.2) is 35.4 Å². The summed E-state index contributed by atoms with van der Waals surface area (Å²) < 4.78 is 45.8. The number of carbonyl (C=O) groups is 1. The minimum atomic E-state index is -4.73. The van der Waals surface area contributed by atoms with Gasteiger partial charge < -0.3 is 9.64 Å². The first-order chi connectivity index (χ1) is 13.7. The van der Waals surface area contributed by atoms with Gasteiger partial charge in [0.15, 0.2) is 0 Å². The molecule has 29 heavy (non-hydrogen) atoms. The Morgan fingerprint density at radius 1 is 1.24 bits per heavy atom. The van der Waals surface area contributed by atoms with Crippen molar-refractivity contribution >= 4 is 17.7 Å². The van der Waals surface area contributed by atoms with Crippen molar-refractivity contribution in [1.82, 2.24) is 9.88 Å².